The van der Waals surface area contributed by atoms with Crippen LogP contribution in [0.1, 0.15) is 27.2 Å². The Labute approximate surface area is 139 Å². The summed E-state index contributed by atoms with van der Waals surface area (Å²) in [6.45, 7) is 4.98. The molecule has 7 nitrogen and oxygen atoms in total. The van der Waals surface area contributed by atoms with E-state index in [1.54, 1.807) is 26.8 Å². The van der Waals surface area contributed by atoms with E-state index < -0.39 is 36.6 Å². The van der Waals surface area contributed by atoms with Gasteiger partial charge in [-0.1, -0.05) is 0 Å². The van der Waals surface area contributed by atoms with Crippen LogP contribution in [0.15, 0.2) is 18.5 Å². The quantitative estimate of drug-likeness (QED) is 0.726. The van der Waals surface area contributed by atoms with Crippen LogP contribution < -0.4 is 21.5 Å². The first kappa shape index (κ1) is 18.2. The number of nitrogens with two attached hydrogens (primary N) is 1. The lowest BCUT2D eigenvalue weighted by atomic mass is 10.0. The summed E-state index contributed by atoms with van der Waals surface area (Å²) in [5, 5.41) is 0. The van der Waals surface area contributed by atoms with Crippen LogP contribution in [0.2, 0.25) is 0 Å². The molecule has 2 heterocycles. The number of hydrazine groups is 1. The predicted molar refractivity (Wildman–Crippen MR) is 86.7 cm³/mol. The number of alkyl halides is 2. The highest BCUT2D eigenvalue weighted by Gasteiger charge is 2.41. The van der Waals surface area contributed by atoms with Gasteiger partial charge in [-0.05, 0) is 26.8 Å². The fourth-order valence-electron chi connectivity index (χ4n) is 2.53. The second-order valence-corrected chi connectivity index (χ2v) is 6.84. The van der Waals surface area contributed by atoms with E-state index in [0.717, 1.165) is 0 Å². The first-order valence-electron chi connectivity index (χ1n) is 7.62. The van der Waals surface area contributed by atoms with Crippen LogP contribution in [0.25, 0.3) is 0 Å². The summed E-state index contributed by atoms with van der Waals surface area (Å²) >= 11 is 0. The van der Waals surface area contributed by atoms with E-state index in [1.807, 2.05) is 0 Å². The Bertz CT molecular complexity index is 591. The normalized spacial score (nSPS) is 20.5. The summed E-state index contributed by atoms with van der Waals surface area (Å²) in [6, 6.07) is 0.934. The van der Waals surface area contributed by atoms with Gasteiger partial charge < -0.3 is 15.4 Å². The number of aromatic nitrogens is 1. The summed E-state index contributed by atoms with van der Waals surface area (Å²) in [5.74, 6) is -2.92. The van der Waals surface area contributed by atoms with E-state index in [0.29, 0.717) is 11.4 Å². The highest BCUT2D eigenvalue weighted by Crippen LogP contribution is 2.32. The molecular weight excluding hydrogens is 320 g/mol. The molecule has 0 bridgehead atoms. The zero-order valence-corrected chi connectivity index (χ0v) is 14.0. The number of rotatable bonds is 3. The standard InChI is InChI=1S/C15H23F2N5O2/c1-14(2,3)24-13(23)21-20-10-6-15(16,17)9-22(8-10)12-4-5-19-7-11(12)18/h4-5,7,10,20H,6,8-9,18H2,1-3H3,(H,21,23). The number of anilines is 2. The molecule has 1 fully saturated rings. The average Bonchev–Trinajstić information content (AvgIpc) is 2.42. The minimum Gasteiger partial charge on any atom is -0.443 e. The molecule has 1 aliphatic heterocycles. The number of hydrogen-bond acceptors (Lipinski definition) is 6. The number of piperidine rings is 1. The molecule has 0 spiro atoms. The van der Waals surface area contributed by atoms with Gasteiger partial charge in [0.2, 0.25) is 0 Å². The number of nitrogens with zero attached hydrogens (tertiary/aromatic N) is 2. The molecule has 0 radical (unpaired) electrons. The van der Waals surface area contributed by atoms with Crippen molar-refractivity contribution < 1.29 is 18.3 Å². The molecule has 1 unspecified atom stereocenters. The number of nitrogen functional groups attached to an aromatic ring is 1. The van der Waals surface area contributed by atoms with Crippen LogP contribution in [0.4, 0.5) is 25.0 Å². The third-order valence-electron chi connectivity index (χ3n) is 3.35. The largest absolute Gasteiger partial charge is 0.443 e. The molecule has 1 amide bonds. The fourth-order valence-corrected chi connectivity index (χ4v) is 2.53. The van der Waals surface area contributed by atoms with Crippen LogP contribution in [0.5, 0.6) is 0 Å². The lowest BCUT2D eigenvalue weighted by Gasteiger charge is -2.39. The SMILES string of the molecule is CC(C)(C)OC(=O)NNC1CN(c2ccncc2N)CC(F)(F)C1. The molecule has 0 aromatic carbocycles. The molecule has 1 atom stereocenters. The van der Waals surface area contributed by atoms with Crippen molar-refractivity contribution in [2.45, 2.75) is 44.8 Å². The van der Waals surface area contributed by atoms with Crippen molar-refractivity contribution in [2.75, 3.05) is 23.7 Å². The Morgan fingerprint density at radius 1 is 1.50 bits per heavy atom. The highest BCUT2D eigenvalue weighted by molar-refractivity contribution is 5.67. The van der Waals surface area contributed by atoms with Crippen LogP contribution in [0.3, 0.4) is 0 Å². The zero-order chi connectivity index (χ0) is 18.0. The molecule has 1 saturated heterocycles. The molecule has 24 heavy (non-hydrogen) atoms. The zero-order valence-electron chi connectivity index (χ0n) is 14.0. The smallest absolute Gasteiger partial charge is 0.422 e. The highest BCUT2D eigenvalue weighted by atomic mass is 19.3. The molecule has 1 aromatic rings. The maximum atomic E-state index is 14.0. The number of amides is 1. The lowest BCUT2D eigenvalue weighted by Crippen LogP contribution is -2.58. The minimum absolute atomic E-state index is 0.263. The fraction of sp³-hybridized carbons (Fsp3) is 0.600. The van der Waals surface area contributed by atoms with E-state index in [-0.39, 0.29) is 6.54 Å². The lowest BCUT2D eigenvalue weighted by molar-refractivity contribution is -0.0241. The number of carbonyl (C=O) groups is 1. The van der Waals surface area contributed by atoms with Crippen LogP contribution in [0, 0.1) is 0 Å². The molecule has 1 aliphatic rings. The maximum Gasteiger partial charge on any atom is 0.422 e. The van der Waals surface area contributed by atoms with E-state index in [1.165, 1.54) is 17.3 Å². The van der Waals surface area contributed by atoms with E-state index in [2.05, 4.69) is 15.8 Å². The van der Waals surface area contributed by atoms with Gasteiger partial charge in [0, 0.05) is 25.2 Å². The number of ether oxygens (including phenoxy) is 1. The van der Waals surface area contributed by atoms with Gasteiger partial charge in [-0.2, -0.15) is 0 Å². The molecule has 4 N–H and O–H groups in total. The van der Waals surface area contributed by atoms with Gasteiger partial charge >= 0.3 is 6.09 Å². The second kappa shape index (κ2) is 6.76. The Kier molecular flexibility index (Phi) is 5.12. The molecule has 9 heteroatoms. The summed E-state index contributed by atoms with van der Waals surface area (Å²) in [7, 11) is 0. The first-order valence-corrected chi connectivity index (χ1v) is 7.62. The third kappa shape index (κ3) is 5.19. The molecule has 134 valence electrons. The van der Waals surface area contributed by atoms with Crippen LogP contribution in [-0.4, -0.2) is 41.7 Å². The topological polar surface area (TPSA) is 92.5 Å². The Balaban J connectivity index is 2.01. The summed E-state index contributed by atoms with van der Waals surface area (Å²) < 4.78 is 33.1. The van der Waals surface area contributed by atoms with Crippen molar-refractivity contribution in [2.24, 2.45) is 0 Å². The first-order chi connectivity index (χ1) is 11.1. The Morgan fingerprint density at radius 3 is 2.83 bits per heavy atom. The van der Waals surface area contributed by atoms with Crippen molar-refractivity contribution in [1.82, 2.24) is 15.8 Å². The Morgan fingerprint density at radius 2 is 2.21 bits per heavy atom. The summed E-state index contributed by atoms with van der Waals surface area (Å²) in [4.78, 5) is 17.0. The molecule has 0 saturated carbocycles. The van der Waals surface area contributed by atoms with Gasteiger partial charge in [0.05, 0.1) is 24.1 Å². The molecule has 0 aliphatic carbocycles. The van der Waals surface area contributed by atoms with Crippen molar-refractivity contribution >= 4 is 17.5 Å². The molecular formula is C15H23F2N5O2. The molecule has 2 rings (SSSR count). The van der Waals surface area contributed by atoms with Crippen molar-refractivity contribution in [3.8, 4) is 0 Å². The second-order valence-electron chi connectivity index (χ2n) is 6.84. The third-order valence-corrected chi connectivity index (χ3v) is 3.35. The number of nitrogens with one attached hydrogen (secondary N) is 2. The van der Waals surface area contributed by atoms with E-state index in [9.17, 15) is 13.6 Å². The van der Waals surface area contributed by atoms with Crippen LogP contribution >= 0.6 is 0 Å². The van der Waals surface area contributed by atoms with Crippen molar-refractivity contribution in [3.63, 3.8) is 0 Å². The Hall–Kier alpha value is -2.16. The maximum absolute atomic E-state index is 14.0. The van der Waals surface area contributed by atoms with Gasteiger partial charge in [0.1, 0.15) is 5.60 Å². The number of halogens is 2. The van der Waals surface area contributed by atoms with Gasteiger partial charge in [-0.15, -0.1) is 0 Å². The summed E-state index contributed by atoms with van der Waals surface area (Å²) in [5.41, 5.74) is 10.9. The number of carbonyl (C=O) groups excluding carboxylic acids is 1. The van der Waals surface area contributed by atoms with Gasteiger partial charge in [0.25, 0.3) is 5.92 Å². The minimum atomic E-state index is -2.92. The number of pyridine rings is 1. The summed E-state index contributed by atoms with van der Waals surface area (Å²) in [6.07, 6.45) is 1.81. The van der Waals surface area contributed by atoms with E-state index >= 15 is 0 Å². The monoisotopic (exact) mass is 343 g/mol. The molecule has 1 aromatic heterocycles. The van der Waals surface area contributed by atoms with Crippen LogP contribution in [-0.2, 0) is 4.74 Å². The van der Waals surface area contributed by atoms with E-state index in [4.69, 9.17) is 10.5 Å². The number of hydrogen-bond donors (Lipinski definition) is 3. The van der Waals surface area contributed by atoms with Crippen molar-refractivity contribution in [3.05, 3.63) is 18.5 Å². The van der Waals surface area contributed by atoms with Gasteiger partial charge in [0.15, 0.2) is 0 Å². The van der Waals surface area contributed by atoms with Gasteiger partial charge in [-0.3, -0.25) is 10.4 Å². The average molecular weight is 343 g/mol. The predicted octanol–water partition coefficient (Wildman–Crippen LogP) is 1.91. The van der Waals surface area contributed by atoms with Gasteiger partial charge in [-0.25, -0.2) is 19.0 Å². The van der Waals surface area contributed by atoms with Crippen molar-refractivity contribution in [1.29, 1.82) is 0 Å².